The summed E-state index contributed by atoms with van der Waals surface area (Å²) in [6.07, 6.45) is 7.48. The second kappa shape index (κ2) is 2.73. The Hall–Kier alpha value is -0.530. The lowest BCUT2D eigenvalue weighted by Gasteiger charge is -2.05. The summed E-state index contributed by atoms with van der Waals surface area (Å²) in [4.78, 5) is 11.5. The maximum absolute atomic E-state index is 11.5. The van der Waals surface area contributed by atoms with Crippen LogP contribution in [0.15, 0.2) is 0 Å². The lowest BCUT2D eigenvalue weighted by molar-refractivity contribution is -0.121. The summed E-state index contributed by atoms with van der Waals surface area (Å²) in [6.45, 7) is 0. The van der Waals surface area contributed by atoms with E-state index < -0.39 is 0 Å². The van der Waals surface area contributed by atoms with Crippen molar-refractivity contribution in [1.29, 1.82) is 0 Å². The highest BCUT2D eigenvalue weighted by atomic mass is 16.1. The van der Waals surface area contributed by atoms with E-state index in [2.05, 4.69) is 5.32 Å². The summed E-state index contributed by atoms with van der Waals surface area (Å²) >= 11 is 0. The van der Waals surface area contributed by atoms with Crippen molar-refractivity contribution in [3.63, 3.8) is 0 Å². The number of hydrogen-bond donors (Lipinski definition) is 1. The second-order valence-corrected chi connectivity index (χ2v) is 5.00. The van der Waals surface area contributed by atoms with Gasteiger partial charge in [-0.2, -0.15) is 0 Å². The molecule has 3 fully saturated rings. The Labute approximate surface area is 79.1 Å². The maximum Gasteiger partial charge on any atom is 0.220 e. The minimum atomic E-state index is 0.321. The van der Waals surface area contributed by atoms with Gasteiger partial charge in [0.1, 0.15) is 0 Å². The van der Waals surface area contributed by atoms with Gasteiger partial charge in [-0.25, -0.2) is 0 Å². The molecule has 1 N–H and O–H groups in total. The van der Waals surface area contributed by atoms with Crippen molar-refractivity contribution in [1.82, 2.24) is 5.32 Å². The standard InChI is InChI=1S/C11H17NO/c13-10(6-7-4-5-7)12-11-8-2-1-3-9(8)11/h7-9,11H,1-6H2,(H,12,13)/t8-,9+,11?. The van der Waals surface area contributed by atoms with Gasteiger partial charge in [-0.3, -0.25) is 4.79 Å². The Balaban J connectivity index is 1.45. The normalized spacial score (nSPS) is 41.4. The fraction of sp³-hybridized carbons (Fsp3) is 0.909. The monoisotopic (exact) mass is 179 g/mol. The van der Waals surface area contributed by atoms with Crippen LogP contribution in [0.5, 0.6) is 0 Å². The van der Waals surface area contributed by atoms with Crippen molar-refractivity contribution in [2.45, 2.75) is 44.6 Å². The summed E-state index contributed by atoms with van der Waals surface area (Å²) in [7, 11) is 0. The number of nitrogens with one attached hydrogen (secondary N) is 1. The van der Waals surface area contributed by atoms with Crippen LogP contribution in [0.1, 0.15) is 38.5 Å². The van der Waals surface area contributed by atoms with E-state index in [-0.39, 0.29) is 0 Å². The number of carbonyl (C=O) groups excluding carboxylic acids is 1. The molecule has 0 bridgehead atoms. The molecule has 3 atom stereocenters. The van der Waals surface area contributed by atoms with Crippen LogP contribution in [0.2, 0.25) is 0 Å². The van der Waals surface area contributed by atoms with E-state index in [1.807, 2.05) is 0 Å². The topological polar surface area (TPSA) is 29.1 Å². The van der Waals surface area contributed by atoms with E-state index in [4.69, 9.17) is 0 Å². The number of rotatable bonds is 3. The molecule has 0 aromatic heterocycles. The van der Waals surface area contributed by atoms with E-state index in [1.165, 1.54) is 32.1 Å². The third-order valence-electron chi connectivity index (χ3n) is 3.91. The van der Waals surface area contributed by atoms with Gasteiger partial charge in [-0.05, 0) is 43.4 Å². The van der Waals surface area contributed by atoms with Crippen LogP contribution >= 0.6 is 0 Å². The van der Waals surface area contributed by atoms with E-state index >= 15 is 0 Å². The van der Waals surface area contributed by atoms with Crippen molar-refractivity contribution in [2.75, 3.05) is 0 Å². The van der Waals surface area contributed by atoms with Gasteiger partial charge in [0.2, 0.25) is 5.91 Å². The number of hydrogen-bond acceptors (Lipinski definition) is 1. The Kier molecular flexibility index (Phi) is 1.64. The average molecular weight is 179 g/mol. The van der Waals surface area contributed by atoms with E-state index in [0.717, 1.165) is 24.2 Å². The molecule has 1 unspecified atom stereocenters. The lowest BCUT2D eigenvalue weighted by Crippen LogP contribution is -2.28. The largest absolute Gasteiger partial charge is 0.353 e. The molecule has 2 heteroatoms. The minimum Gasteiger partial charge on any atom is -0.353 e. The van der Waals surface area contributed by atoms with Gasteiger partial charge >= 0.3 is 0 Å². The number of amides is 1. The highest BCUT2D eigenvalue weighted by Crippen LogP contribution is 2.51. The summed E-state index contributed by atoms with van der Waals surface area (Å²) in [5.74, 6) is 2.78. The van der Waals surface area contributed by atoms with Gasteiger partial charge in [-0.15, -0.1) is 0 Å². The molecule has 0 spiro atoms. The molecular weight excluding hydrogens is 162 g/mol. The van der Waals surface area contributed by atoms with Gasteiger partial charge in [0.05, 0.1) is 0 Å². The Morgan fingerprint density at radius 1 is 1.15 bits per heavy atom. The zero-order valence-corrected chi connectivity index (χ0v) is 7.96. The van der Waals surface area contributed by atoms with Crippen LogP contribution in [0.25, 0.3) is 0 Å². The molecular formula is C11H17NO. The number of fused-ring (bicyclic) bond motifs is 1. The first-order valence-electron chi connectivity index (χ1n) is 5.64. The molecule has 72 valence electrons. The summed E-state index contributed by atoms with van der Waals surface area (Å²) < 4.78 is 0. The Morgan fingerprint density at radius 2 is 1.85 bits per heavy atom. The molecule has 0 aromatic carbocycles. The molecule has 3 aliphatic rings. The van der Waals surface area contributed by atoms with Crippen LogP contribution < -0.4 is 5.32 Å². The van der Waals surface area contributed by atoms with Crippen LogP contribution in [-0.2, 0) is 4.79 Å². The molecule has 0 radical (unpaired) electrons. The Morgan fingerprint density at radius 3 is 2.46 bits per heavy atom. The SMILES string of the molecule is O=C(CC1CC1)NC1[C@H]2CCC[C@@H]12. The molecule has 3 aliphatic carbocycles. The maximum atomic E-state index is 11.5. The van der Waals surface area contributed by atoms with Gasteiger partial charge in [0, 0.05) is 12.5 Å². The Bertz CT molecular complexity index is 224. The van der Waals surface area contributed by atoms with Crippen molar-refractivity contribution in [3.05, 3.63) is 0 Å². The highest BCUT2D eigenvalue weighted by Gasteiger charge is 2.53. The first-order chi connectivity index (χ1) is 6.34. The van der Waals surface area contributed by atoms with E-state index in [9.17, 15) is 4.79 Å². The van der Waals surface area contributed by atoms with Crippen LogP contribution in [0, 0.1) is 17.8 Å². The van der Waals surface area contributed by atoms with Gasteiger partial charge in [0.15, 0.2) is 0 Å². The molecule has 3 rings (SSSR count). The quantitative estimate of drug-likeness (QED) is 0.702. The predicted octanol–water partition coefficient (Wildman–Crippen LogP) is 1.70. The van der Waals surface area contributed by atoms with E-state index in [1.54, 1.807) is 0 Å². The summed E-state index contributed by atoms with van der Waals surface area (Å²) in [5, 5.41) is 3.19. The molecule has 0 aliphatic heterocycles. The van der Waals surface area contributed by atoms with Gasteiger partial charge < -0.3 is 5.32 Å². The summed E-state index contributed by atoms with van der Waals surface area (Å²) in [5.41, 5.74) is 0. The fourth-order valence-corrected chi connectivity index (χ4v) is 2.86. The predicted molar refractivity (Wildman–Crippen MR) is 50.1 cm³/mol. The van der Waals surface area contributed by atoms with Crippen molar-refractivity contribution in [3.8, 4) is 0 Å². The molecule has 0 heterocycles. The third kappa shape index (κ3) is 1.47. The molecule has 0 saturated heterocycles. The molecule has 2 nitrogen and oxygen atoms in total. The first kappa shape index (κ1) is 7.84. The summed E-state index contributed by atoms with van der Waals surface area (Å²) in [6, 6.07) is 0.583. The van der Waals surface area contributed by atoms with Crippen molar-refractivity contribution >= 4 is 5.91 Å². The van der Waals surface area contributed by atoms with Crippen LogP contribution in [0.4, 0.5) is 0 Å². The van der Waals surface area contributed by atoms with Crippen LogP contribution in [0.3, 0.4) is 0 Å². The molecule has 3 saturated carbocycles. The molecule has 13 heavy (non-hydrogen) atoms. The minimum absolute atomic E-state index is 0.321. The van der Waals surface area contributed by atoms with Crippen molar-refractivity contribution in [2.24, 2.45) is 17.8 Å². The van der Waals surface area contributed by atoms with E-state index in [0.29, 0.717) is 11.9 Å². The lowest BCUT2D eigenvalue weighted by atomic mass is 10.2. The smallest absolute Gasteiger partial charge is 0.220 e. The molecule has 0 aromatic rings. The van der Waals surface area contributed by atoms with Crippen LogP contribution in [-0.4, -0.2) is 11.9 Å². The third-order valence-corrected chi connectivity index (χ3v) is 3.91. The molecule has 1 amide bonds. The second-order valence-electron chi connectivity index (χ2n) is 5.00. The van der Waals surface area contributed by atoms with Crippen molar-refractivity contribution < 1.29 is 4.79 Å². The zero-order chi connectivity index (χ0) is 8.84. The number of carbonyl (C=O) groups is 1. The highest BCUT2D eigenvalue weighted by molar-refractivity contribution is 5.77. The fourth-order valence-electron chi connectivity index (χ4n) is 2.86. The zero-order valence-electron chi connectivity index (χ0n) is 7.96. The van der Waals surface area contributed by atoms with Gasteiger partial charge in [0.25, 0.3) is 0 Å². The first-order valence-corrected chi connectivity index (χ1v) is 5.64. The average Bonchev–Trinajstić information content (AvgIpc) is 2.97. The van der Waals surface area contributed by atoms with Gasteiger partial charge in [-0.1, -0.05) is 6.42 Å².